The molecular weight excluding hydrogens is 362 g/mol. The van der Waals surface area contributed by atoms with E-state index in [0.717, 1.165) is 5.56 Å². The van der Waals surface area contributed by atoms with E-state index in [-0.39, 0.29) is 30.9 Å². The Morgan fingerprint density at radius 2 is 1.89 bits per heavy atom. The van der Waals surface area contributed by atoms with Crippen molar-refractivity contribution in [1.82, 2.24) is 5.01 Å². The third-order valence-corrected chi connectivity index (χ3v) is 4.52. The quantitative estimate of drug-likeness (QED) is 0.582. The van der Waals surface area contributed by atoms with Crippen molar-refractivity contribution in [3.8, 4) is 0 Å². The van der Waals surface area contributed by atoms with E-state index in [1.165, 1.54) is 17.1 Å². The van der Waals surface area contributed by atoms with Gasteiger partial charge in [0.25, 0.3) is 5.69 Å². The molecule has 0 aliphatic carbocycles. The largest absolute Gasteiger partial charge is 0.481 e. The van der Waals surface area contributed by atoms with E-state index >= 15 is 0 Å². The molecule has 28 heavy (non-hydrogen) atoms. The average Bonchev–Trinajstić information content (AvgIpc) is 3.14. The standard InChI is InChI=1S/C20H19N3O5/c24-19(10-5-11-20(25)26)22-18(15-8-4-9-16(12-15)23(27)28)13-17(21-22)14-6-2-1-3-7-14/h1-4,6-9,12,18H,5,10-11,13H2,(H,25,26). The molecule has 3 rings (SSSR count). The Labute approximate surface area is 161 Å². The number of hydrazone groups is 1. The second kappa shape index (κ2) is 8.43. The molecule has 2 aromatic rings. The van der Waals surface area contributed by atoms with Crippen molar-refractivity contribution < 1.29 is 19.6 Å². The third-order valence-electron chi connectivity index (χ3n) is 4.52. The summed E-state index contributed by atoms with van der Waals surface area (Å²) < 4.78 is 0. The van der Waals surface area contributed by atoms with Gasteiger partial charge in [0.2, 0.25) is 5.91 Å². The molecule has 1 N–H and O–H groups in total. The molecule has 0 saturated heterocycles. The number of nitro groups is 1. The van der Waals surface area contributed by atoms with Crippen LogP contribution in [-0.2, 0) is 9.59 Å². The number of carboxylic acids is 1. The van der Waals surface area contributed by atoms with E-state index in [4.69, 9.17) is 5.11 Å². The van der Waals surface area contributed by atoms with Crippen molar-refractivity contribution >= 4 is 23.3 Å². The number of nitro benzene ring substituents is 1. The van der Waals surface area contributed by atoms with Crippen molar-refractivity contribution in [2.75, 3.05) is 0 Å². The lowest BCUT2D eigenvalue weighted by Crippen LogP contribution is -2.27. The van der Waals surface area contributed by atoms with Gasteiger partial charge in [0, 0.05) is 31.4 Å². The van der Waals surface area contributed by atoms with Crippen LogP contribution in [0.25, 0.3) is 0 Å². The topological polar surface area (TPSA) is 113 Å². The molecule has 1 unspecified atom stereocenters. The van der Waals surface area contributed by atoms with Crippen molar-refractivity contribution in [1.29, 1.82) is 0 Å². The van der Waals surface area contributed by atoms with Gasteiger partial charge in [0.05, 0.1) is 16.7 Å². The lowest BCUT2D eigenvalue weighted by atomic mass is 9.98. The monoisotopic (exact) mass is 381 g/mol. The van der Waals surface area contributed by atoms with Crippen LogP contribution in [-0.4, -0.2) is 32.6 Å². The van der Waals surface area contributed by atoms with E-state index in [2.05, 4.69) is 5.10 Å². The van der Waals surface area contributed by atoms with Crippen LogP contribution in [0.15, 0.2) is 59.7 Å². The van der Waals surface area contributed by atoms with Gasteiger partial charge < -0.3 is 5.11 Å². The van der Waals surface area contributed by atoms with Crippen molar-refractivity contribution in [3.63, 3.8) is 0 Å². The first-order valence-corrected chi connectivity index (χ1v) is 8.87. The zero-order valence-corrected chi connectivity index (χ0v) is 15.0. The van der Waals surface area contributed by atoms with E-state index in [1.54, 1.807) is 12.1 Å². The summed E-state index contributed by atoms with van der Waals surface area (Å²) in [5.74, 6) is -1.26. The maximum absolute atomic E-state index is 12.7. The smallest absolute Gasteiger partial charge is 0.303 e. The molecule has 1 aliphatic heterocycles. The third kappa shape index (κ3) is 4.40. The minimum Gasteiger partial charge on any atom is -0.481 e. The predicted octanol–water partition coefficient (Wildman–Crippen LogP) is 3.53. The number of carboxylic acid groups (broad SMARTS) is 1. The van der Waals surface area contributed by atoms with Gasteiger partial charge in [-0.25, -0.2) is 5.01 Å². The van der Waals surface area contributed by atoms with Crippen LogP contribution >= 0.6 is 0 Å². The molecule has 0 saturated carbocycles. The van der Waals surface area contributed by atoms with Crippen LogP contribution < -0.4 is 0 Å². The Hall–Kier alpha value is -3.55. The molecule has 1 atom stereocenters. The van der Waals surface area contributed by atoms with Gasteiger partial charge in [-0.3, -0.25) is 19.7 Å². The number of nitrogens with zero attached hydrogens (tertiary/aromatic N) is 3. The fraction of sp³-hybridized carbons (Fsp3) is 0.250. The molecule has 1 aliphatic rings. The number of rotatable bonds is 7. The van der Waals surface area contributed by atoms with Crippen LogP contribution in [0.1, 0.15) is 42.9 Å². The maximum Gasteiger partial charge on any atom is 0.303 e. The van der Waals surface area contributed by atoms with Gasteiger partial charge in [-0.15, -0.1) is 0 Å². The van der Waals surface area contributed by atoms with Crippen LogP contribution in [0.5, 0.6) is 0 Å². The van der Waals surface area contributed by atoms with Gasteiger partial charge in [-0.05, 0) is 17.5 Å². The minimum absolute atomic E-state index is 0.0449. The van der Waals surface area contributed by atoms with E-state index in [0.29, 0.717) is 17.7 Å². The highest BCUT2D eigenvalue weighted by molar-refractivity contribution is 6.03. The number of hydrogen-bond donors (Lipinski definition) is 1. The first kappa shape index (κ1) is 19.2. The van der Waals surface area contributed by atoms with Crippen LogP contribution in [0, 0.1) is 10.1 Å². The highest BCUT2D eigenvalue weighted by Gasteiger charge is 2.33. The number of carbonyl (C=O) groups excluding carboxylic acids is 1. The Kier molecular flexibility index (Phi) is 5.78. The second-order valence-electron chi connectivity index (χ2n) is 6.47. The molecule has 0 radical (unpaired) electrons. The Bertz CT molecular complexity index is 926. The van der Waals surface area contributed by atoms with Gasteiger partial charge in [-0.2, -0.15) is 5.10 Å². The lowest BCUT2D eigenvalue weighted by molar-refractivity contribution is -0.385. The van der Waals surface area contributed by atoms with Crippen LogP contribution in [0.2, 0.25) is 0 Å². The van der Waals surface area contributed by atoms with Gasteiger partial charge >= 0.3 is 5.97 Å². The predicted molar refractivity (Wildman–Crippen MR) is 102 cm³/mol. The molecular formula is C20H19N3O5. The number of carbonyl (C=O) groups is 2. The summed E-state index contributed by atoms with van der Waals surface area (Å²) in [6, 6.07) is 15.1. The summed E-state index contributed by atoms with van der Waals surface area (Å²) >= 11 is 0. The molecule has 2 aromatic carbocycles. The number of aliphatic carboxylic acids is 1. The van der Waals surface area contributed by atoms with Crippen LogP contribution in [0.4, 0.5) is 5.69 Å². The minimum atomic E-state index is -0.960. The molecule has 8 heteroatoms. The average molecular weight is 381 g/mol. The van der Waals surface area contributed by atoms with Gasteiger partial charge in [0.15, 0.2) is 0 Å². The maximum atomic E-state index is 12.7. The van der Waals surface area contributed by atoms with E-state index < -0.39 is 16.9 Å². The molecule has 8 nitrogen and oxygen atoms in total. The molecule has 1 amide bonds. The molecule has 1 heterocycles. The highest BCUT2D eigenvalue weighted by Crippen LogP contribution is 2.34. The number of amides is 1. The zero-order chi connectivity index (χ0) is 20.1. The lowest BCUT2D eigenvalue weighted by Gasteiger charge is -2.22. The molecule has 0 aromatic heterocycles. The van der Waals surface area contributed by atoms with Crippen molar-refractivity contribution in [3.05, 3.63) is 75.8 Å². The fourth-order valence-electron chi connectivity index (χ4n) is 3.16. The number of non-ortho nitro benzene ring substituents is 1. The molecule has 0 bridgehead atoms. The summed E-state index contributed by atoms with van der Waals surface area (Å²) in [6.45, 7) is 0. The Balaban J connectivity index is 1.89. The number of benzene rings is 2. The molecule has 144 valence electrons. The Morgan fingerprint density at radius 3 is 2.57 bits per heavy atom. The fourth-order valence-corrected chi connectivity index (χ4v) is 3.16. The Morgan fingerprint density at radius 1 is 1.14 bits per heavy atom. The highest BCUT2D eigenvalue weighted by atomic mass is 16.6. The summed E-state index contributed by atoms with van der Waals surface area (Å²) in [6.07, 6.45) is 0.581. The van der Waals surface area contributed by atoms with Crippen molar-refractivity contribution in [2.45, 2.75) is 31.7 Å². The molecule has 0 spiro atoms. The normalized spacial score (nSPS) is 15.9. The molecule has 0 fully saturated rings. The summed E-state index contributed by atoms with van der Waals surface area (Å²) in [5, 5.41) is 25.7. The van der Waals surface area contributed by atoms with E-state index in [1.807, 2.05) is 30.3 Å². The van der Waals surface area contributed by atoms with Crippen molar-refractivity contribution in [2.24, 2.45) is 5.10 Å². The summed E-state index contributed by atoms with van der Waals surface area (Å²) in [4.78, 5) is 34.0. The summed E-state index contributed by atoms with van der Waals surface area (Å²) in [7, 11) is 0. The summed E-state index contributed by atoms with van der Waals surface area (Å²) in [5.41, 5.74) is 2.15. The second-order valence-corrected chi connectivity index (χ2v) is 6.47. The first-order chi connectivity index (χ1) is 13.5. The first-order valence-electron chi connectivity index (χ1n) is 8.87. The number of hydrogen-bond acceptors (Lipinski definition) is 5. The van der Waals surface area contributed by atoms with Gasteiger partial charge in [0.1, 0.15) is 0 Å². The SMILES string of the molecule is O=C(O)CCCC(=O)N1N=C(c2ccccc2)CC1c1cccc([N+](=O)[O-])c1. The van der Waals surface area contributed by atoms with Crippen LogP contribution in [0.3, 0.4) is 0 Å². The van der Waals surface area contributed by atoms with Gasteiger partial charge in [-0.1, -0.05) is 42.5 Å². The zero-order valence-electron chi connectivity index (χ0n) is 15.0. The van der Waals surface area contributed by atoms with E-state index in [9.17, 15) is 19.7 Å².